The largest absolute Gasteiger partial charge is 0.317 e. The van der Waals surface area contributed by atoms with Gasteiger partial charge in [0.2, 0.25) is 0 Å². The predicted octanol–water partition coefficient (Wildman–Crippen LogP) is 3.04. The van der Waals surface area contributed by atoms with Crippen LogP contribution in [0.15, 0.2) is 30.3 Å². The molecule has 0 amide bonds. The smallest absolute Gasteiger partial charge is 0.0233 e. The highest BCUT2D eigenvalue weighted by Gasteiger charge is 2.34. The van der Waals surface area contributed by atoms with Crippen LogP contribution >= 0.6 is 0 Å². The zero-order valence-electron chi connectivity index (χ0n) is 11.9. The Morgan fingerprint density at radius 1 is 0.947 bits per heavy atom. The minimum Gasteiger partial charge on any atom is -0.317 e. The highest BCUT2D eigenvalue weighted by Crippen LogP contribution is 2.40. The van der Waals surface area contributed by atoms with E-state index in [4.69, 9.17) is 0 Å². The van der Waals surface area contributed by atoms with E-state index >= 15 is 0 Å². The Kier molecular flexibility index (Phi) is 4.19. The van der Waals surface area contributed by atoms with Crippen molar-refractivity contribution in [2.45, 2.75) is 38.6 Å². The number of hydrogen-bond acceptors (Lipinski definition) is 2. The maximum Gasteiger partial charge on any atom is 0.0233 e. The van der Waals surface area contributed by atoms with Crippen molar-refractivity contribution in [1.29, 1.82) is 0 Å². The third-order valence-electron chi connectivity index (χ3n) is 5.06. The van der Waals surface area contributed by atoms with E-state index in [0.29, 0.717) is 5.41 Å². The van der Waals surface area contributed by atoms with Crippen LogP contribution in [0.3, 0.4) is 0 Å². The fourth-order valence-electron chi connectivity index (χ4n) is 3.72. The van der Waals surface area contributed by atoms with Gasteiger partial charge in [0.1, 0.15) is 0 Å². The number of rotatable bonds is 2. The first-order valence-corrected chi connectivity index (χ1v) is 7.83. The van der Waals surface area contributed by atoms with E-state index < -0.39 is 0 Å². The molecule has 2 fully saturated rings. The summed E-state index contributed by atoms with van der Waals surface area (Å²) in [7, 11) is 0. The van der Waals surface area contributed by atoms with E-state index in [9.17, 15) is 0 Å². The summed E-state index contributed by atoms with van der Waals surface area (Å²) in [5, 5.41) is 3.56. The molecule has 2 heteroatoms. The van der Waals surface area contributed by atoms with Gasteiger partial charge in [0.05, 0.1) is 0 Å². The summed E-state index contributed by atoms with van der Waals surface area (Å²) in [4.78, 5) is 2.64. The summed E-state index contributed by atoms with van der Waals surface area (Å²) in [6.07, 6.45) is 7.02. The zero-order chi connectivity index (χ0) is 13.0. The van der Waals surface area contributed by atoms with Gasteiger partial charge < -0.3 is 5.32 Å². The predicted molar refractivity (Wildman–Crippen MR) is 80.1 cm³/mol. The van der Waals surface area contributed by atoms with Gasteiger partial charge in [0.15, 0.2) is 0 Å². The number of hydrogen-bond donors (Lipinski definition) is 1. The fourth-order valence-corrected chi connectivity index (χ4v) is 3.72. The quantitative estimate of drug-likeness (QED) is 0.877. The van der Waals surface area contributed by atoms with Gasteiger partial charge in [0, 0.05) is 6.54 Å². The van der Waals surface area contributed by atoms with Gasteiger partial charge in [-0.05, 0) is 69.3 Å². The van der Waals surface area contributed by atoms with Crippen LogP contribution in [0.4, 0.5) is 0 Å². The second kappa shape index (κ2) is 6.06. The van der Waals surface area contributed by atoms with Gasteiger partial charge in [0.25, 0.3) is 0 Å². The van der Waals surface area contributed by atoms with Crippen LogP contribution in [0.1, 0.15) is 37.7 Å². The molecule has 2 aliphatic heterocycles. The van der Waals surface area contributed by atoms with Gasteiger partial charge in [-0.3, -0.25) is 4.90 Å². The molecule has 0 bridgehead atoms. The third-order valence-corrected chi connectivity index (χ3v) is 5.06. The Labute approximate surface area is 117 Å². The van der Waals surface area contributed by atoms with Gasteiger partial charge in [-0.25, -0.2) is 0 Å². The topological polar surface area (TPSA) is 15.3 Å². The van der Waals surface area contributed by atoms with Crippen molar-refractivity contribution in [2.75, 3.05) is 26.2 Å². The van der Waals surface area contributed by atoms with E-state index in [1.807, 2.05) is 0 Å². The molecule has 0 radical (unpaired) electrons. The number of nitrogens with zero attached hydrogens (tertiary/aromatic N) is 1. The molecule has 0 aliphatic carbocycles. The molecule has 2 saturated heterocycles. The number of piperidine rings is 1. The molecular weight excluding hydrogens is 232 g/mol. The molecule has 2 aliphatic rings. The third kappa shape index (κ3) is 3.37. The average molecular weight is 258 g/mol. The minimum atomic E-state index is 0.663. The monoisotopic (exact) mass is 258 g/mol. The van der Waals surface area contributed by atoms with Crippen molar-refractivity contribution < 1.29 is 0 Å². The highest BCUT2D eigenvalue weighted by atomic mass is 15.1. The molecule has 1 N–H and O–H groups in total. The van der Waals surface area contributed by atoms with Crippen molar-refractivity contribution in [3.8, 4) is 0 Å². The molecular formula is C17H26N2. The van der Waals surface area contributed by atoms with Crippen molar-refractivity contribution in [2.24, 2.45) is 5.41 Å². The summed E-state index contributed by atoms with van der Waals surface area (Å²) >= 11 is 0. The summed E-state index contributed by atoms with van der Waals surface area (Å²) in [6.45, 7) is 6.17. The first kappa shape index (κ1) is 13.1. The summed E-state index contributed by atoms with van der Waals surface area (Å²) in [6, 6.07) is 10.9. The SMILES string of the molecule is c1ccc(CN2CCC3(CCCNCC3)CC2)cc1. The van der Waals surface area contributed by atoms with Crippen molar-refractivity contribution in [3.05, 3.63) is 35.9 Å². The Morgan fingerprint density at radius 2 is 1.74 bits per heavy atom. The highest BCUT2D eigenvalue weighted by molar-refractivity contribution is 5.14. The standard InChI is InChI=1S/C17H26N2/c1-2-5-16(6-3-1)15-19-13-9-17(10-14-19)7-4-11-18-12-8-17/h1-3,5-6,18H,4,7-15H2. The van der Waals surface area contributed by atoms with Gasteiger partial charge >= 0.3 is 0 Å². The summed E-state index contributed by atoms with van der Waals surface area (Å²) in [5.41, 5.74) is 2.12. The van der Waals surface area contributed by atoms with Crippen molar-refractivity contribution >= 4 is 0 Å². The lowest BCUT2D eigenvalue weighted by Crippen LogP contribution is -2.40. The average Bonchev–Trinajstić information content (AvgIpc) is 2.69. The van der Waals surface area contributed by atoms with Crippen molar-refractivity contribution in [3.63, 3.8) is 0 Å². The van der Waals surface area contributed by atoms with Crippen molar-refractivity contribution in [1.82, 2.24) is 10.2 Å². The van der Waals surface area contributed by atoms with Crippen LogP contribution in [0.2, 0.25) is 0 Å². The van der Waals surface area contributed by atoms with E-state index in [-0.39, 0.29) is 0 Å². The molecule has 2 nitrogen and oxygen atoms in total. The molecule has 0 unspecified atom stereocenters. The molecule has 3 rings (SSSR count). The van der Waals surface area contributed by atoms with E-state index in [1.165, 1.54) is 63.8 Å². The van der Waals surface area contributed by atoms with E-state index in [1.54, 1.807) is 0 Å². The van der Waals surface area contributed by atoms with E-state index in [2.05, 4.69) is 40.5 Å². The lowest BCUT2D eigenvalue weighted by atomic mass is 9.73. The summed E-state index contributed by atoms with van der Waals surface area (Å²) in [5.74, 6) is 0. The Morgan fingerprint density at radius 3 is 2.53 bits per heavy atom. The molecule has 0 atom stereocenters. The normalized spacial score (nSPS) is 24.2. The lowest BCUT2D eigenvalue weighted by molar-refractivity contribution is 0.0871. The second-order valence-corrected chi connectivity index (χ2v) is 6.37. The molecule has 0 aromatic heterocycles. The lowest BCUT2D eigenvalue weighted by Gasteiger charge is -2.41. The van der Waals surface area contributed by atoms with Crippen LogP contribution < -0.4 is 5.32 Å². The molecule has 1 aromatic rings. The van der Waals surface area contributed by atoms with Gasteiger partial charge in [-0.1, -0.05) is 30.3 Å². The molecule has 104 valence electrons. The van der Waals surface area contributed by atoms with Gasteiger partial charge in [-0.15, -0.1) is 0 Å². The maximum absolute atomic E-state index is 3.56. The van der Waals surface area contributed by atoms with Crippen LogP contribution in [-0.2, 0) is 6.54 Å². The van der Waals surface area contributed by atoms with Crippen LogP contribution in [0.25, 0.3) is 0 Å². The minimum absolute atomic E-state index is 0.663. The first-order chi connectivity index (χ1) is 9.36. The Hall–Kier alpha value is -0.860. The Balaban J connectivity index is 1.54. The molecule has 0 saturated carbocycles. The number of benzene rings is 1. The Bertz CT molecular complexity index is 370. The zero-order valence-corrected chi connectivity index (χ0v) is 11.9. The summed E-state index contributed by atoms with van der Waals surface area (Å²) < 4.78 is 0. The number of likely N-dealkylation sites (tertiary alicyclic amines) is 1. The van der Waals surface area contributed by atoms with Crippen LogP contribution in [-0.4, -0.2) is 31.1 Å². The van der Waals surface area contributed by atoms with Crippen LogP contribution in [0.5, 0.6) is 0 Å². The maximum atomic E-state index is 3.56. The van der Waals surface area contributed by atoms with Crippen LogP contribution in [0, 0.1) is 5.41 Å². The van der Waals surface area contributed by atoms with Gasteiger partial charge in [-0.2, -0.15) is 0 Å². The molecule has 1 aromatic carbocycles. The molecule has 2 heterocycles. The number of nitrogens with one attached hydrogen (secondary N) is 1. The fraction of sp³-hybridized carbons (Fsp3) is 0.647. The molecule has 19 heavy (non-hydrogen) atoms. The first-order valence-electron chi connectivity index (χ1n) is 7.83. The second-order valence-electron chi connectivity index (χ2n) is 6.37. The molecule has 1 spiro atoms. The van der Waals surface area contributed by atoms with E-state index in [0.717, 1.165) is 6.54 Å².